The van der Waals surface area contributed by atoms with E-state index in [-0.39, 0.29) is 6.79 Å². The molecule has 0 atom stereocenters. The van der Waals surface area contributed by atoms with E-state index in [1.807, 2.05) is 17.5 Å². The molecule has 1 aliphatic heterocycles. The fraction of sp³-hybridized carbons (Fsp3) is 0.250. The Bertz CT molecular complexity index is 585. The molecule has 0 bridgehead atoms. The molecule has 4 nitrogen and oxygen atoms in total. The van der Waals surface area contributed by atoms with Crippen LogP contribution in [-0.2, 0) is 6.42 Å². The predicted molar refractivity (Wildman–Crippen MR) is 74.1 cm³/mol. The van der Waals surface area contributed by atoms with E-state index in [1.165, 1.54) is 0 Å². The summed E-state index contributed by atoms with van der Waals surface area (Å²) in [4.78, 5) is 4.57. The standard InChI is InChI=1S/C12H11BrN2O2S/c13-8-4-11-10(16-6-17-11)3-7(8)9-5-18-12(15-9)1-2-14/h3-5H,1-2,6,14H2. The van der Waals surface area contributed by atoms with Crippen molar-refractivity contribution >= 4 is 27.3 Å². The monoisotopic (exact) mass is 326 g/mol. The summed E-state index contributed by atoms with van der Waals surface area (Å²) in [6.45, 7) is 0.899. The molecule has 2 aromatic rings. The highest BCUT2D eigenvalue weighted by atomic mass is 79.9. The van der Waals surface area contributed by atoms with Crippen LogP contribution in [0.25, 0.3) is 11.3 Å². The molecule has 94 valence electrons. The van der Waals surface area contributed by atoms with Gasteiger partial charge in [-0.15, -0.1) is 11.3 Å². The lowest BCUT2D eigenvalue weighted by molar-refractivity contribution is 0.174. The zero-order valence-electron chi connectivity index (χ0n) is 9.48. The van der Waals surface area contributed by atoms with Gasteiger partial charge in [0.05, 0.1) is 10.7 Å². The van der Waals surface area contributed by atoms with Crippen LogP contribution in [0.4, 0.5) is 0 Å². The van der Waals surface area contributed by atoms with Gasteiger partial charge in [0.25, 0.3) is 0 Å². The number of nitrogens with zero attached hydrogens (tertiary/aromatic N) is 1. The number of hydrogen-bond donors (Lipinski definition) is 1. The van der Waals surface area contributed by atoms with Crippen LogP contribution in [0.5, 0.6) is 11.5 Å². The minimum absolute atomic E-state index is 0.278. The van der Waals surface area contributed by atoms with Crippen LogP contribution in [-0.4, -0.2) is 18.3 Å². The van der Waals surface area contributed by atoms with Crippen LogP contribution in [0.1, 0.15) is 5.01 Å². The van der Waals surface area contributed by atoms with E-state index in [9.17, 15) is 0 Å². The summed E-state index contributed by atoms with van der Waals surface area (Å²) in [5.74, 6) is 1.53. The number of hydrogen-bond acceptors (Lipinski definition) is 5. The molecule has 18 heavy (non-hydrogen) atoms. The molecule has 2 N–H and O–H groups in total. The maximum absolute atomic E-state index is 5.53. The summed E-state index contributed by atoms with van der Waals surface area (Å²) >= 11 is 5.17. The van der Waals surface area contributed by atoms with Crippen LogP contribution in [0.2, 0.25) is 0 Å². The molecular formula is C12H11BrN2O2S. The number of ether oxygens (including phenoxy) is 2. The van der Waals surface area contributed by atoms with Crippen LogP contribution >= 0.6 is 27.3 Å². The molecule has 0 spiro atoms. The molecule has 1 aromatic heterocycles. The third kappa shape index (κ3) is 2.11. The number of rotatable bonds is 3. The third-order valence-electron chi connectivity index (χ3n) is 2.65. The molecule has 0 saturated carbocycles. The Morgan fingerprint density at radius 2 is 2.11 bits per heavy atom. The minimum Gasteiger partial charge on any atom is -0.454 e. The predicted octanol–water partition coefficient (Wildman–Crippen LogP) is 2.80. The maximum atomic E-state index is 5.53. The fourth-order valence-corrected chi connectivity index (χ4v) is 3.13. The molecule has 6 heteroatoms. The van der Waals surface area contributed by atoms with E-state index < -0.39 is 0 Å². The lowest BCUT2D eigenvalue weighted by Gasteiger charge is -2.03. The van der Waals surface area contributed by atoms with Gasteiger partial charge in [-0.2, -0.15) is 0 Å². The normalized spacial score (nSPS) is 13.0. The summed E-state index contributed by atoms with van der Waals surface area (Å²) in [5, 5.41) is 3.09. The summed E-state index contributed by atoms with van der Waals surface area (Å²) in [6, 6.07) is 3.87. The summed E-state index contributed by atoms with van der Waals surface area (Å²) in [6.07, 6.45) is 0.812. The van der Waals surface area contributed by atoms with E-state index in [4.69, 9.17) is 15.2 Å². The quantitative estimate of drug-likeness (QED) is 0.942. The summed E-state index contributed by atoms with van der Waals surface area (Å²) < 4.78 is 11.7. The number of fused-ring (bicyclic) bond motifs is 1. The second kappa shape index (κ2) is 4.87. The molecule has 0 aliphatic carbocycles. The van der Waals surface area contributed by atoms with Gasteiger partial charge in [-0.1, -0.05) is 0 Å². The highest BCUT2D eigenvalue weighted by molar-refractivity contribution is 9.10. The summed E-state index contributed by atoms with van der Waals surface area (Å²) in [5.41, 5.74) is 7.48. The molecule has 0 saturated heterocycles. The van der Waals surface area contributed by atoms with Crippen molar-refractivity contribution in [2.45, 2.75) is 6.42 Å². The molecule has 3 rings (SSSR count). The highest BCUT2D eigenvalue weighted by Crippen LogP contribution is 2.41. The van der Waals surface area contributed by atoms with Crippen LogP contribution in [0, 0.1) is 0 Å². The van der Waals surface area contributed by atoms with Crippen molar-refractivity contribution in [3.63, 3.8) is 0 Å². The Morgan fingerprint density at radius 1 is 1.33 bits per heavy atom. The van der Waals surface area contributed by atoms with Crippen molar-refractivity contribution in [1.82, 2.24) is 4.98 Å². The molecule has 0 fully saturated rings. The van der Waals surface area contributed by atoms with E-state index in [0.717, 1.165) is 38.7 Å². The first kappa shape index (κ1) is 12.0. The number of nitrogens with two attached hydrogens (primary N) is 1. The second-order valence-corrected chi connectivity index (χ2v) is 5.65. The third-order valence-corrected chi connectivity index (χ3v) is 4.21. The van der Waals surface area contributed by atoms with Gasteiger partial charge < -0.3 is 15.2 Å². The molecule has 1 aromatic carbocycles. The number of thiazole rings is 1. The van der Waals surface area contributed by atoms with Gasteiger partial charge in [-0.05, 0) is 34.6 Å². The second-order valence-electron chi connectivity index (χ2n) is 3.85. The molecule has 0 amide bonds. The van der Waals surface area contributed by atoms with Crippen LogP contribution in [0.3, 0.4) is 0 Å². The van der Waals surface area contributed by atoms with Crippen molar-refractivity contribution in [2.24, 2.45) is 5.73 Å². The van der Waals surface area contributed by atoms with Crippen molar-refractivity contribution in [1.29, 1.82) is 0 Å². The Hall–Kier alpha value is -1.11. The largest absolute Gasteiger partial charge is 0.454 e. The molecule has 1 aliphatic rings. The van der Waals surface area contributed by atoms with E-state index >= 15 is 0 Å². The minimum atomic E-state index is 0.278. The van der Waals surface area contributed by atoms with Gasteiger partial charge in [-0.3, -0.25) is 0 Å². The van der Waals surface area contributed by atoms with Crippen molar-refractivity contribution in [3.8, 4) is 22.8 Å². The van der Waals surface area contributed by atoms with Gasteiger partial charge in [-0.25, -0.2) is 4.98 Å². The van der Waals surface area contributed by atoms with Crippen LogP contribution < -0.4 is 15.2 Å². The van der Waals surface area contributed by atoms with E-state index in [1.54, 1.807) is 11.3 Å². The van der Waals surface area contributed by atoms with Gasteiger partial charge in [0.2, 0.25) is 6.79 Å². The lowest BCUT2D eigenvalue weighted by Crippen LogP contribution is -2.01. The Kier molecular flexibility index (Phi) is 3.23. The van der Waals surface area contributed by atoms with Crippen molar-refractivity contribution in [2.75, 3.05) is 13.3 Å². The van der Waals surface area contributed by atoms with Gasteiger partial charge in [0, 0.05) is 21.8 Å². The Balaban J connectivity index is 2.00. The number of halogens is 1. The first-order valence-electron chi connectivity index (χ1n) is 5.52. The first-order valence-corrected chi connectivity index (χ1v) is 7.19. The molecule has 0 radical (unpaired) electrons. The van der Waals surface area contributed by atoms with Gasteiger partial charge in [0.1, 0.15) is 0 Å². The van der Waals surface area contributed by atoms with E-state index in [2.05, 4.69) is 20.9 Å². The van der Waals surface area contributed by atoms with E-state index in [0.29, 0.717) is 6.54 Å². The highest BCUT2D eigenvalue weighted by Gasteiger charge is 2.18. The van der Waals surface area contributed by atoms with Crippen molar-refractivity contribution in [3.05, 3.63) is 27.0 Å². The first-order chi connectivity index (χ1) is 8.78. The molecule has 2 heterocycles. The van der Waals surface area contributed by atoms with Crippen LogP contribution in [0.15, 0.2) is 22.0 Å². The average molecular weight is 327 g/mol. The molecular weight excluding hydrogens is 316 g/mol. The smallest absolute Gasteiger partial charge is 0.231 e. The number of aromatic nitrogens is 1. The van der Waals surface area contributed by atoms with Gasteiger partial charge >= 0.3 is 0 Å². The Morgan fingerprint density at radius 3 is 2.89 bits per heavy atom. The topological polar surface area (TPSA) is 57.4 Å². The lowest BCUT2D eigenvalue weighted by atomic mass is 10.1. The van der Waals surface area contributed by atoms with Gasteiger partial charge in [0.15, 0.2) is 11.5 Å². The zero-order valence-corrected chi connectivity index (χ0v) is 11.9. The molecule has 0 unspecified atom stereocenters. The zero-order chi connectivity index (χ0) is 12.5. The fourth-order valence-electron chi connectivity index (χ4n) is 1.79. The average Bonchev–Trinajstić information content (AvgIpc) is 2.96. The summed E-state index contributed by atoms with van der Waals surface area (Å²) in [7, 11) is 0. The maximum Gasteiger partial charge on any atom is 0.231 e. The van der Waals surface area contributed by atoms with Crippen molar-refractivity contribution < 1.29 is 9.47 Å². The SMILES string of the molecule is NCCc1nc(-c2cc3c(cc2Br)OCO3)cs1. The Labute approximate surface area is 117 Å². The number of benzene rings is 1.